The first-order chi connectivity index (χ1) is 11.2. The molecule has 4 nitrogen and oxygen atoms in total. The zero-order chi connectivity index (χ0) is 17.9. The number of hydrogen-bond acceptors (Lipinski definition) is 3. The van der Waals surface area contributed by atoms with Crippen molar-refractivity contribution < 1.29 is 13.9 Å². The van der Waals surface area contributed by atoms with Crippen molar-refractivity contribution in [1.82, 2.24) is 5.32 Å². The Bertz CT molecular complexity index is 745. The molecule has 0 aromatic heterocycles. The van der Waals surface area contributed by atoms with Crippen LogP contribution in [0.1, 0.15) is 29.8 Å². The van der Waals surface area contributed by atoms with Crippen LogP contribution in [0.5, 0.6) is 5.75 Å². The quantitative estimate of drug-likeness (QED) is 0.806. The molecule has 0 atom stereocenters. The molecule has 0 radical (unpaired) electrons. The van der Waals surface area contributed by atoms with Crippen LogP contribution < -0.4 is 15.8 Å². The molecule has 2 rings (SSSR count). The predicted octanol–water partition coefficient (Wildman–Crippen LogP) is 3.78. The van der Waals surface area contributed by atoms with Crippen molar-refractivity contribution in [1.29, 1.82) is 0 Å². The number of anilines is 1. The van der Waals surface area contributed by atoms with Gasteiger partial charge in [0.25, 0.3) is 5.91 Å². The monoisotopic (exact) mass is 350 g/mol. The fourth-order valence-corrected chi connectivity index (χ4v) is 2.48. The topological polar surface area (TPSA) is 64.3 Å². The zero-order valence-electron chi connectivity index (χ0n) is 13.8. The average Bonchev–Trinajstić information content (AvgIpc) is 2.55. The third-order valence-corrected chi connectivity index (χ3v) is 4.21. The predicted molar refractivity (Wildman–Crippen MR) is 94.2 cm³/mol. The van der Waals surface area contributed by atoms with Gasteiger partial charge in [0.2, 0.25) is 0 Å². The minimum absolute atomic E-state index is 0.291. The van der Waals surface area contributed by atoms with E-state index in [0.29, 0.717) is 28.6 Å². The highest BCUT2D eigenvalue weighted by Crippen LogP contribution is 2.29. The Kier molecular flexibility index (Phi) is 5.34. The van der Waals surface area contributed by atoms with Crippen molar-refractivity contribution >= 4 is 23.2 Å². The lowest BCUT2D eigenvalue weighted by molar-refractivity contribution is 0.0942. The maximum atomic E-state index is 13.1. The zero-order valence-corrected chi connectivity index (χ0v) is 14.6. The fraction of sp³-hybridized carbons (Fsp3) is 0.278. The Labute approximate surface area is 145 Å². The summed E-state index contributed by atoms with van der Waals surface area (Å²) in [6.07, 6.45) is 0. The van der Waals surface area contributed by atoms with E-state index in [1.807, 2.05) is 13.8 Å². The van der Waals surface area contributed by atoms with Crippen LogP contribution in [0.15, 0.2) is 36.4 Å². The van der Waals surface area contributed by atoms with Crippen molar-refractivity contribution in [2.45, 2.75) is 19.3 Å². The van der Waals surface area contributed by atoms with Gasteiger partial charge < -0.3 is 15.8 Å². The minimum Gasteiger partial charge on any atom is -0.496 e. The minimum atomic E-state index is -0.367. The average molecular weight is 351 g/mol. The van der Waals surface area contributed by atoms with Crippen molar-refractivity contribution in [3.05, 3.63) is 58.4 Å². The smallest absolute Gasteiger partial charge is 0.255 e. The molecule has 128 valence electrons. The lowest BCUT2D eigenvalue weighted by Crippen LogP contribution is -2.36. The van der Waals surface area contributed by atoms with E-state index in [9.17, 15) is 9.18 Å². The lowest BCUT2D eigenvalue weighted by atomic mass is 9.84. The van der Waals surface area contributed by atoms with E-state index in [2.05, 4.69) is 5.32 Å². The van der Waals surface area contributed by atoms with Crippen LogP contribution in [0, 0.1) is 5.82 Å². The number of carbonyl (C=O) groups is 1. The first-order valence-electron chi connectivity index (χ1n) is 7.42. The molecule has 2 aromatic carbocycles. The van der Waals surface area contributed by atoms with Gasteiger partial charge in [0.05, 0.1) is 23.4 Å². The molecule has 0 spiro atoms. The van der Waals surface area contributed by atoms with Gasteiger partial charge in [0.1, 0.15) is 11.6 Å². The number of nitrogens with one attached hydrogen (secondary N) is 1. The van der Waals surface area contributed by atoms with Crippen molar-refractivity contribution in [2.75, 3.05) is 19.4 Å². The molecule has 0 aliphatic rings. The van der Waals surface area contributed by atoms with E-state index in [4.69, 9.17) is 22.1 Å². The van der Waals surface area contributed by atoms with Crippen LogP contribution in [-0.4, -0.2) is 19.6 Å². The molecule has 0 aliphatic carbocycles. The van der Waals surface area contributed by atoms with Gasteiger partial charge in [-0.1, -0.05) is 37.6 Å². The molecule has 1 amide bonds. The van der Waals surface area contributed by atoms with Gasteiger partial charge in [-0.2, -0.15) is 0 Å². The Hall–Kier alpha value is -2.27. The van der Waals surface area contributed by atoms with E-state index in [1.54, 1.807) is 12.1 Å². The summed E-state index contributed by atoms with van der Waals surface area (Å²) in [5, 5.41) is 3.15. The summed E-state index contributed by atoms with van der Waals surface area (Å²) in [4.78, 5) is 12.5. The third kappa shape index (κ3) is 3.97. The normalized spacial score (nSPS) is 11.2. The summed E-state index contributed by atoms with van der Waals surface area (Å²) in [6, 6.07) is 9.23. The molecule has 6 heteroatoms. The third-order valence-electron chi connectivity index (χ3n) is 3.88. The highest BCUT2D eigenvalue weighted by molar-refractivity contribution is 6.33. The molecule has 24 heavy (non-hydrogen) atoms. The number of nitrogen functional groups attached to an aromatic ring is 1. The fourth-order valence-electron chi connectivity index (χ4n) is 2.32. The largest absolute Gasteiger partial charge is 0.496 e. The number of amides is 1. The highest BCUT2D eigenvalue weighted by Gasteiger charge is 2.23. The molecular formula is C18H20ClFN2O2. The molecule has 3 N–H and O–H groups in total. The van der Waals surface area contributed by atoms with Crippen molar-refractivity contribution in [3.63, 3.8) is 0 Å². The van der Waals surface area contributed by atoms with E-state index in [-0.39, 0.29) is 17.1 Å². The molecule has 0 bridgehead atoms. The number of methoxy groups -OCH3 is 1. The van der Waals surface area contributed by atoms with Crippen molar-refractivity contribution in [3.8, 4) is 5.75 Å². The standard InChI is InChI=1S/C18H20ClFN2O2/c1-18(2,11-4-6-12(20)7-5-11)10-22-17(23)13-8-14(19)15(21)9-16(13)24-3/h4-9H,10,21H2,1-3H3,(H,22,23). The summed E-state index contributed by atoms with van der Waals surface area (Å²) >= 11 is 5.99. The van der Waals surface area contributed by atoms with Crippen LogP contribution >= 0.6 is 11.6 Å². The maximum Gasteiger partial charge on any atom is 0.255 e. The van der Waals surface area contributed by atoms with Crippen LogP contribution in [0.3, 0.4) is 0 Å². The molecule has 0 heterocycles. The number of benzene rings is 2. The Morgan fingerprint density at radius 2 is 1.92 bits per heavy atom. The Balaban J connectivity index is 2.15. The number of halogens is 2. The summed E-state index contributed by atoms with van der Waals surface area (Å²) in [5.74, 6) is -0.252. The van der Waals surface area contributed by atoms with Gasteiger partial charge >= 0.3 is 0 Å². The summed E-state index contributed by atoms with van der Waals surface area (Å²) in [7, 11) is 1.46. The van der Waals surface area contributed by atoms with Crippen LogP contribution in [0.25, 0.3) is 0 Å². The number of hydrogen-bond donors (Lipinski definition) is 2. The van der Waals surface area contributed by atoms with Crippen LogP contribution in [0.2, 0.25) is 5.02 Å². The Morgan fingerprint density at radius 1 is 1.29 bits per heavy atom. The second kappa shape index (κ2) is 7.09. The summed E-state index contributed by atoms with van der Waals surface area (Å²) in [5.41, 5.74) is 6.93. The molecule has 0 saturated heterocycles. The summed E-state index contributed by atoms with van der Waals surface area (Å²) < 4.78 is 18.2. The van der Waals surface area contributed by atoms with Crippen molar-refractivity contribution in [2.24, 2.45) is 0 Å². The van der Waals surface area contributed by atoms with Gasteiger partial charge in [0, 0.05) is 18.0 Å². The molecule has 2 aromatic rings. The molecule has 0 saturated carbocycles. The Morgan fingerprint density at radius 3 is 2.50 bits per heavy atom. The van der Waals surface area contributed by atoms with Crippen LogP contribution in [-0.2, 0) is 5.41 Å². The molecular weight excluding hydrogens is 331 g/mol. The highest BCUT2D eigenvalue weighted by atomic mass is 35.5. The maximum absolute atomic E-state index is 13.1. The summed E-state index contributed by atoms with van der Waals surface area (Å²) in [6.45, 7) is 4.30. The SMILES string of the molecule is COc1cc(N)c(Cl)cc1C(=O)NCC(C)(C)c1ccc(F)cc1. The van der Waals surface area contributed by atoms with E-state index < -0.39 is 0 Å². The van der Waals surface area contributed by atoms with Gasteiger partial charge in [-0.05, 0) is 23.8 Å². The van der Waals surface area contributed by atoms with E-state index in [1.165, 1.54) is 31.4 Å². The number of nitrogens with two attached hydrogens (primary N) is 1. The molecule has 0 fully saturated rings. The molecule has 0 aliphatic heterocycles. The van der Waals surface area contributed by atoms with Gasteiger partial charge in [0.15, 0.2) is 0 Å². The van der Waals surface area contributed by atoms with E-state index >= 15 is 0 Å². The van der Waals surface area contributed by atoms with Gasteiger partial charge in [-0.25, -0.2) is 4.39 Å². The van der Waals surface area contributed by atoms with Gasteiger partial charge in [-0.15, -0.1) is 0 Å². The van der Waals surface area contributed by atoms with Crippen LogP contribution in [0.4, 0.5) is 10.1 Å². The number of carbonyl (C=O) groups excluding carboxylic acids is 1. The second-order valence-electron chi connectivity index (χ2n) is 6.15. The first-order valence-corrected chi connectivity index (χ1v) is 7.79. The number of ether oxygens (including phenoxy) is 1. The van der Waals surface area contributed by atoms with Gasteiger partial charge in [-0.3, -0.25) is 4.79 Å². The van der Waals surface area contributed by atoms with E-state index in [0.717, 1.165) is 5.56 Å². The molecule has 0 unspecified atom stereocenters. The lowest BCUT2D eigenvalue weighted by Gasteiger charge is -2.26. The second-order valence-corrected chi connectivity index (χ2v) is 6.55. The first kappa shape index (κ1) is 18.1. The number of rotatable bonds is 5.